The van der Waals surface area contributed by atoms with E-state index in [9.17, 15) is 8.42 Å². The molecule has 0 bridgehead atoms. The lowest BCUT2D eigenvalue weighted by Crippen LogP contribution is -2.39. The summed E-state index contributed by atoms with van der Waals surface area (Å²) < 4.78 is 28.4. The summed E-state index contributed by atoms with van der Waals surface area (Å²) in [5.41, 5.74) is 6.74. The number of anilines is 1. The maximum atomic E-state index is 12.2. The normalized spacial score (nSPS) is 16.8. The lowest BCUT2D eigenvalue weighted by atomic mass is 10.1. The summed E-state index contributed by atoms with van der Waals surface area (Å²) in [6.45, 7) is 1.16. The van der Waals surface area contributed by atoms with E-state index in [0.29, 0.717) is 25.2 Å². The minimum Gasteiger partial charge on any atom is -0.387 e. The fourth-order valence-corrected chi connectivity index (χ4v) is 3.53. The molecule has 1 aromatic carbocycles. The number of amidine groups is 1. The molecule has 1 aromatic rings. The van der Waals surface area contributed by atoms with Crippen molar-refractivity contribution in [3.8, 4) is 0 Å². The zero-order chi connectivity index (χ0) is 14.6. The largest absolute Gasteiger partial charge is 0.387 e. The molecule has 4 N–H and O–H groups in total. The second kappa shape index (κ2) is 6.23. The average molecular weight is 296 g/mol. The van der Waals surface area contributed by atoms with E-state index in [1.54, 1.807) is 24.3 Å². The molecule has 0 aromatic heterocycles. The summed E-state index contributed by atoms with van der Waals surface area (Å²) in [6, 6.07) is 6.93. The van der Waals surface area contributed by atoms with Crippen LogP contribution in [-0.2, 0) is 16.6 Å². The predicted octanol–water partition coefficient (Wildman–Crippen LogP) is 1.31. The van der Waals surface area contributed by atoms with Gasteiger partial charge in [0, 0.05) is 25.2 Å². The van der Waals surface area contributed by atoms with Gasteiger partial charge in [-0.3, -0.25) is 10.1 Å². The molecule has 6 nitrogen and oxygen atoms in total. The molecule has 1 saturated heterocycles. The highest BCUT2D eigenvalue weighted by Gasteiger charge is 2.23. The van der Waals surface area contributed by atoms with E-state index in [0.717, 1.165) is 24.8 Å². The lowest BCUT2D eigenvalue weighted by molar-refractivity contribution is 0.349. The number of rotatable bonds is 5. The van der Waals surface area contributed by atoms with Gasteiger partial charge in [-0.25, -0.2) is 0 Å². The van der Waals surface area contributed by atoms with Crippen molar-refractivity contribution in [2.24, 2.45) is 5.73 Å². The molecule has 7 heteroatoms. The average Bonchev–Trinajstić information content (AvgIpc) is 2.41. The summed E-state index contributed by atoms with van der Waals surface area (Å²) in [5, 5.41) is 7.22. The molecule has 0 radical (unpaired) electrons. The van der Waals surface area contributed by atoms with Gasteiger partial charge in [0.1, 0.15) is 0 Å². The smallest absolute Gasteiger partial charge is 0.301 e. The van der Waals surface area contributed by atoms with Gasteiger partial charge in [0.05, 0.1) is 5.84 Å². The van der Waals surface area contributed by atoms with E-state index in [1.807, 2.05) is 0 Å². The fraction of sp³-hybridized carbons (Fsp3) is 0.462. The van der Waals surface area contributed by atoms with E-state index < -0.39 is 10.2 Å². The van der Waals surface area contributed by atoms with Crippen LogP contribution in [0.3, 0.4) is 0 Å². The molecule has 110 valence electrons. The van der Waals surface area contributed by atoms with Crippen LogP contribution in [0.2, 0.25) is 0 Å². The van der Waals surface area contributed by atoms with Gasteiger partial charge in [0.25, 0.3) is 0 Å². The second-order valence-electron chi connectivity index (χ2n) is 4.97. The van der Waals surface area contributed by atoms with Crippen LogP contribution in [0.25, 0.3) is 0 Å². The fourth-order valence-electron chi connectivity index (χ4n) is 2.23. The third-order valence-electron chi connectivity index (χ3n) is 3.25. The molecule has 0 unspecified atom stereocenters. The van der Waals surface area contributed by atoms with Crippen molar-refractivity contribution in [3.05, 3.63) is 29.8 Å². The van der Waals surface area contributed by atoms with Crippen LogP contribution in [0.4, 0.5) is 5.69 Å². The van der Waals surface area contributed by atoms with Gasteiger partial charge in [-0.05, 0) is 30.5 Å². The molecule has 1 heterocycles. The Balaban J connectivity index is 2.03. The van der Waals surface area contributed by atoms with Crippen molar-refractivity contribution in [1.29, 1.82) is 5.41 Å². The summed E-state index contributed by atoms with van der Waals surface area (Å²) in [7, 11) is -3.46. The van der Waals surface area contributed by atoms with Gasteiger partial charge in [-0.2, -0.15) is 12.7 Å². The van der Waals surface area contributed by atoms with E-state index in [-0.39, 0.29) is 5.84 Å². The Morgan fingerprint density at radius 3 is 2.35 bits per heavy atom. The molecule has 1 aliphatic heterocycles. The Kier molecular flexibility index (Phi) is 4.61. The maximum Gasteiger partial charge on any atom is 0.301 e. The molecule has 1 fully saturated rings. The van der Waals surface area contributed by atoms with Crippen molar-refractivity contribution in [2.45, 2.75) is 25.7 Å². The number of nitrogens with two attached hydrogens (primary N) is 1. The second-order valence-corrected chi connectivity index (χ2v) is 6.64. The molecular formula is C13H20N4O2S. The lowest BCUT2D eigenvalue weighted by Gasteiger charge is -2.26. The molecule has 0 amide bonds. The van der Waals surface area contributed by atoms with Crippen LogP contribution < -0.4 is 10.5 Å². The molecule has 0 saturated carbocycles. The van der Waals surface area contributed by atoms with Crippen molar-refractivity contribution in [1.82, 2.24) is 4.31 Å². The first-order valence-electron chi connectivity index (χ1n) is 6.67. The van der Waals surface area contributed by atoms with Crippen LogP contribution in [0.5, 0.6) is 0 Å². The van der Waals surface area contributed by atoms with E-state index in [4.69, 9.17) is 11.1 Å². The molecular weight excluding hydrogens is 276 g/mol. The summed E-state index contributed by atoms with van der Waals surface area (Å²) in [4.78, 5) is 0. The molecule has 0 spiro atoms. The van der Waals surface area contributed by atoms with Crippen molar-refractivity contribution >= 4 is 21.7 Å². The molecule has 1 aliphatic rings. The minimum absolute atomic E-state index is 0.0895. The van der Waals surface area contributed by atoms with Gasteiger partial charge >= 0.3 is 10.2 Å². The van der Waals surface area contributed by atoms with Gasteiger partial charge < -0.3 is 5.73 Å². The first-order chi connectivity index (χ1) is 9.47. The Hall–Kier alpha value is -1.60. The Labute approximate surface area is 119 Å². The Morgan fingerprint density at radius 1 is 1.20 bits per heavy atom. The highest BCUT2D eigenvalue weighted by atomic mass is 32.2. The summed E-state index contributed by atoms with van der Waals surface area (Å²) in [5.74, 6) is 0.0895. The molecule has 2 rings (SSSR count). The van der Waals surface area contributed by atoms with E-state index in [1.165, 1.54) is 4.31 Å². The van der Waals surface area contributed by atoms with Gasteiger partial charge in [-0.15, -0.1) is 0 Å². The third-order valence-corrected chi connectivity index (χ3v) is 4.79. The van der Waals surface area contributed by atoms with Gasteiger partial charge in [0.15, 0.2) is 0 Å². The Bertz CT molecular complexity index is 563. The molecule has 20 heavy (non-hydrogen) atoms. The van der Waals surface area contributed by atoms with Crippen molar-refractivity contribution < 1.29 is 8.42 Å². The number of piperidine rings is 1. The van der Waals surface area contributed by atoms with E-state index in [2.05, 4.69) is 4.72 Å². The minimum atomic E-state index is -3.46. The maximum absolute atomic E-state index is 12.2. The topological polar surface area (TPSA) is 99.3 Å². The monoisotopic (exact) mass is 296 g/mol. The Morgan fingerprint density at radius 2 is 1.80 bits per heavy atom. The van der Waals surface area contributed by atoms with Gasteiger partial charge in [-0.1, -0.05) is 18.6 Å². The predicted molar refractivity (Wildman–Crippen MR) is 80.0 cm³/mol. The van der Waals surface area contributed by atoms with Crippen molar-refractivity contribution in [2.75, 3.05) is 17.8 Å². The highest BCUT2D eigenvalue weighted by molar-refractivity contribution is 7.90. The number of hydrogen-bond donors (Lipinski definition) is 3. The zero-order valence-corrected chi connectivity index (χ0v) is 12.1. The summed E-state index contributed by atoms with van der Waals surface area (Å²) >= 11 is 0. The van der Waals surface area contributed by atoms with E-state index >= 15 is 0 Å². The molecule has 0 atom stereocenters. The van der Waals surface area contributed by atoms with Gasteiger partial charge in [0.2, 0.25) is 0 Å². The molecule has 0 aliphatic carbocycles. The summed E-state index contributed by atoms with van der Waals surface area (Å²) in [6.07, 6.45) is 3.29. The van der Waals surface area contributed by atoms with Crippen LogP contribution in [0, 0.1) is 5.41 Å². The van der Waals surface area contributed by atoms with Crippen LogP contribution in [0.1, 0.15) is 24.8 Å². The highest BCUT2D eigenvalue weighted by Crippen LogP contribution is 2.17. The SMILES string of the molecule is N=C(N)Cc1ccc(NS(=O)(=O)N2CCCCC2)cc1. The van der Waals surface area contributed by atoms with Crippen LogP contribution in [0.15, 0.2) is 24.3 Å². The number of benzene rings is 1. The van der Waals surface area contributed by atoms with Crippen LogP contribution in [-0.4, -0.2) is 31.6 Å². The third kappa shape index (κ3) is 3.94. The van der Waals surface area contributed by atoms with Crippen LogP contribution >= 0.6 is 0 Å². The first-order valence-corrected chi connectivity index (χ1v) is 8.11. The quantitative estimate of drug-likeness (QED) is 0.564. The van der Waals surface area contributed by atoms with Crippen molar-refractivity contribution in [3.63, 3.8) is 0 Å². The number of nitrogens with one attached hydrogen (secondary N) is 2. The number of nitrogens with zero attached hydrogens (tertiary/aromatic N) is 1. The number of hydrogen-bond acceptors (Lipinski definition) is 3. The standard InChI is InChI=1S/C13H20N4O2S/c14-13(15)10-11-4-6-12(7-5-11)16-20(18,19)17-8-2-1-3-9-17/h4-7,16H,1-3,8-10H2,(H3,14,15). The first kappa shape index (κ1) is 14.8. The zero-order valence-electron chi connectivity index (χ0n) is 11.3.